The van der Waals surface area contributed by atoms with Crippen molar-refractivity contribution in [2.75, 3.05) is 0 Å². The topological polar surface area (TPSA) is 44.2 Å². The van der Waals surface area contributed by atoms with Gasteiger partial charge in [0.1, 0.15) is 23.0 Å². The number of benzene rings is 22. The number of hydrogen-bond acceptors (Lipinski definition) is 4. The minimum atomic E-state index is -0.566. The zero-order chi connectivity index (χ0) is 83.9. The molecular formula is C124H74N2O2. The molecule has 0 radical (unpaired) electrons. The van der Waals surface area contributed by atoms with Crippen molar-refractivity contribution < 1.29 is 9.47 Å². The summed E-state index contributed by atoms with van der Waals surface area (Å²) in [4.78, 5) is 11.0. The Morgan fingerprint density at radius 1 is 0.156 bits per heavy atom. The third kappa shape index (κ3) is 10.4. The predicted octanol–water partition coefficient (Wildman–Crippen LogP) is 32.6. The van der Waals surface area contributed by atoms with Crippen molar-refractivity contribution in [1.82, 2.24) is 9.97 Å². The highest BCUT2D eigenvalue weighted by atomic mass is 16.5. The molecule has 0 fully saturated rings. The van der Waals surface area contributed by atoms with Crippen molar-refractivity contribution in [2.24, 2.45) is 0 Å². The minimum Gasteiger partial charge on any atom is -0.456 e. The van der Waals surface area contributed by atoms with E-state index in [0.717, 1.165) is 133 Å². The average Bonchev–Trinajstić information content (AvgIpc) is 1.45. The summed E-state index contributed by atoms with van der Waals surface area (Å²) in [6.45, 7) is 0. The highest BCUT2D eigenvalue weighted by molar-refractivity contribution is 6.28. The van der Waals surface area contributed by atoms with Gasteiger partial charge in [0.2, 0.25) is 0 Å². The molecule has 2 aromatic heterocycles. The molecule has 28 rings (SSSR count). The molecule has 4 nitrogen and oxygen atoms in total. The molecule has 0 unspecified atom stereocenters. The molecule has 22 aromatic carbocycles. The fraction of sp³-hybridized carbons (Fsp3) is 0.0161. The first kappa shape index (κ1) is 71.9. The number of rotatable bonds is 6. The number of nitrogens with zero attached hydrogens (tertiary/aromatic N) is 2. The molecule has 24 aromatic rings. The first-order valence-electron chi connectivity index (χ1n) is 44.2. The van der Waals surface area contributed by atoms with E-state index in [0.29, 0.717) is 0 Å². The van der Waals surface area contributed by atoms with Crippen molar-refractivity contribution in [2.45, 2.75) is 10.8 Å². The van der Waals surface area contributed by atoms with Gasteiger partial charge in [0.05, 0.1) is 33.3 Å². The second-order valence-corrected chi connectivity index (χ2v) is 34.6. The first-order chi connectivity index (χ1) is 63.5. The van der Waals surface area contributed by atoms with Crippen LogP contribution in [0.3, 0.4) is 0 Å². The largest absolute Gasteiger partial charge is 0.456 e. The standard InChI is InChI=1S/2C62H37NO/c1-2-15-38(16-3-1)60-51-33-34-56-61(64-58-28-13-12-27-55(58)62(56)53-25-10-8-23-48(53)49-24-9-11-26-54(49)62)59(51)50-32-30-42(37-57(50)63-60)40-18-14-17-39(35-40)41-29-31-47-45-21-5-4-19-43(45)44-20-6-7-22-46(44)52(47)36-41;1-2-14-40(15-3-1)60-50-33-34-56-61(64-58-25-13-12-24-55(58)62(56)53-22-10-8-20-48(53)49-21-9-11-23-54(49)62)59(50)52-37-42(31-35-57(52)63-60)39-28-26-38(27-29-39)41-30-32-47-45-18-5-4-16-43(45)44-17-6-7-19-46(44)51(47)36-41/h2*1-37H. The molecule has 0 saturated heterocycles. The van der Waals surface area contributed by atoms with E-state index in [4.69, 9.17) is 19.4 Å². The van der Waals surface area contributed by atoms with Crippen molar-refractivity contribution in [3.8, 4) is 112 Å². The summed E-state index contributed by atoms with van der Waals surface area (Å²) >= 11 is 0. The second kappa shape index (κ2) is 27.9. The SMILES string of the molecule is c1ccc(-c2nc3cc(-c4cccc(-c5ccc6c7ccccc7c7ccccc7c6c5)c4)ccc3c3c4c(ccc23)C2(c3ccccc3O4)c3ccccc3-c3ccccc32)cc1.c1ccc(-c2nc3ccc(-c4ccc(-c5ccc6c7ccccc7c7ccccc7c6c5)cc4)cc3c3c4c(ccc23)C2(c3ccccc3O4)c3ccccc3-c3ccccc32)cc1. The van der Waals surface area contributed by atoms with Crippen molar-refractivity contribution >= 4 is 108 Å². The van der Waals surface area contributed by atoms with E-state index in [1.54, 1.807) is 0 Å². The fourth-order valence-corrected chi connectivity index (χ4v) is 22.7. The maximum Gasteiger partial charge on any atom is 0.140 e. The number of hydrogen-bond donors (Lipinski definition) is 0. The highest BCUT2D eigenvalue weighted by Crippen LogP contribution is 2.66. The molecule has 0 bridgehead atoms. The number of pyridine rings is 2. The van der Waals surface area contributed by atoms with Crippen LogP contribution in [-0.4, -0.2) is 9.97 Å². The molecule has 592 valence electrons. The van der Waals surface area contributed by atoms with Gasteiger partial charge in [-0.3, -0.25) is 0 Å². The van der Waals surface area contributed by atoms with E-state index < -0.39 is 10.8 Å². The van der Waals surface area contributed by atoms with Crippen LogP contribution in [0.5, 0.6) is 23.0 Å². The Balaban J connectivity index is 0.000000132. The van der Waals surface area contributed by atoms with Crippen LogP contribution in [0.15, 0.2) is 449 Å². The monoisotopic (exact) mass is 1620 g/mol. The quantitative estimate of drug-likeness (QED) is 0.156. The minimum absolute atomic E-state index is 0.559. The lowest BCUT2D eigenvalue weighted by Crippen LogP contribution is -2.32. The molecular weight excluding hydrogens is 1550 g/mol. The van der Waals surface area contributed by atoms with E-state index >= 15 is 0 Å². The summed E-state index contributed by atoms with van der Waals surface area (Å²) in [6, 6.07) is 164. The fourth-order valence-electron chi connectivity index (χ4n) is 22.7. The van der Waals surface area contributed by atoms with E-state index in [2.05, 4.69) is 449 Å². The maximum absolute atomic E-state index is 7.27. The van der Waals surface area contributed by atoms with E-state index in [-0.39, 0.29) is 0 Å². The van der Waals surface area contributed by atoms with Gasteiger partial charge in [-0.25, -0.2) is 9.97 Å². The first-order valence-corrected chi connectivity index (χ1v) is 44.2. The summed E-state index contributed by atoms with van der Waals surface area (Å²) in [7, 11) is 0. The van der Waals surface area contributed by atoms with Gasteiger partial charge in [0.25, 0.3) is 0 Å². The van der Waals surface area contributed by atoms with Crippen LogP contribution in [0.2, 0.25) is 0 Å². The molecule has 4 heteroatoms. The van der Waals surface area contributed by atoms with Crippen LogP contribution in [-0.2, 0) is 10.8 Å². The maximum atomic E-state index is 7.27. The Bertz CT molecular complexity index is 8730. The third-order valence-electron chi connectivity index (χ3n) is 28.2. The molecule has 0 N–H and O–H groups in total. The molecule has 4 aliphatic rings. The van der Waals surface area contributed by atoms with Gasteiger partial charge in [-0.2, -0.15) is 0 Å². The van der Waals surface area contributed by atoms with Gasteiger partial charge in [-0.1, -0.05) is 400 Å². The third-order valence-corrected chi connectivity index (χ3v) is 28.2. The van der Waals surface area contributed by atoms with Gasteiger partial charge in [-0.05, 0) is 202 Å². The zero-order valence-electron chi connectivity index (χ0n) is 69.4. The lowest BCUT2D eigenvalue weighted by Gasteiger charge is -2.40. The summed E-state index contributed by atoms with van der Waals surface area (Å²) in [5.74, 6) is 3.53. The number of para-hydroxylation sites is 2. The van der Waals surface area contributed by atoms with Gasteiger partial charge >= 0.3 is 0 Å². The molecule has 2 aliphatic heterocycles. The molecule has 0 atom stereocenters. The van der Waals surface area contributed by atoms with Crippen LogP contribution in [0.1, 0.15) is 44.5 Å². The molecule has 128 heavy (non-hydrogen) atoms. The smallest absolute Gasteiger partial charge is 0.140 e. The number of aromatic nitrogens is 2. The van der Waals surface area contributed by atoms with E-state index in [9.17, 15) is 0 Å². The van der Waals surface area contributed by atoms with Crippen LogP contribution in [0, 0.1) is 0 Å². The van der Waals surface area contributed by atoms with Crippen molar-refractivity contribution in [3.63, 3.8) is 0 Å². The normalized spacial score (nSPS) is 13.2. The van der Waals surface area contributed by atoms with Gasteiger partial charge in [0, 0.05) is 65.7 Å². The van der Waals surface area contributed by atoms with Gasteiger partial charge in [-0.15, -0.1) is 0 Å². The molecule has 4 heterocycles. The van der Waals surface area contributed by atoms with E-state index in [1.807, 2.05) is 0 Å². The van der Waals surface area contributed by atoms with Crippen LogP contribution in [0.25, 0.3) is 197 Å². The van der Waals surface area contributed by atoms with Gasteiger partial charge < -0.3 is 9.47 Å². The molecule has 2 aliphatic carbocycles. The Kier molecular flexibility index (Phi) is 15.7. The average molecular weight is 1620 g/mol. The molecule has 0 amide bonds. The zero-order valence-corrected chi connectivity index (χ0v) is 69.4. The van der Waals surface area contributed by atoms with Crippen LogP contribution < -0.4 is 9.47 Å². The predicted molar refractivity (Wildman–Crippen MR) is 531 cm³/mol. The number of fused-ring (bicyclic) bond motifs is 38. The lowest BCUT2D eigenvalue weighted by atomic mass is 9.65. The van der Waals surface area contributed by atoms with Crippen molar-refractivity contribution in [1.29, 1.82) is 0 Å². The summed E-state index contributed by atoms with van der Waals surface area (Å²) in [5, 5.41) is 21.8. The van der Waals surface area contributed by atoms with Crippen molar-refractivity contribution in [3.05, 3.63) is 493 Å². The number of ether oxygens (including phenoxy) is 2. The summed E-state index contributed by atoms with van der Waals surface area (Å²) in [6.07, 6.45) is 0. The van der Waals surface area contributed by atoms with Crippen LogP contribution in [0.4, 0.5) is 0 Å². The summed E-state index contributed by atoms with van der Waals surface area (Å²) < 4.78 is 14.5. The lowest BCUT2D eigenvalue weighted by molar-refractivity contribution is 0.442. The Morgan fingerprint density at radius 2 is 0.438 bits per heavy atom. The Labute approximate surface area is 738 Å². The molecule has 2 spiro atoms. The van der Waals surface area contributed by atoms with E-state index in [1.165, 1.54) is 131 Å². The Morgan fingerprint density at radius 3 is 0.859 bits per heavy atom. The summed E-state index contributed by atoms with van der Waals surface area (Å²) in [5.41, 5.74) is 28.9. The van der Waals surface area contributed by atoms with Gasteiger partial charge in [0.15, 0.2) is 0 Å². The highest BCUT2D eigenvalue weighted by Gasteiger charge is 2.53. The second-order valence-electron chi connectivity index (χ2n) is 34.6. The van der Waals surface area contributed by atoms with Crippen LogP contribution >= 0.6 is 0 Å². The molecule has 0 saturated carbocycles. The Hall–Kier alpha value is -16.7.